The number of rotatable bonds is 6. The zero-order chi connectivity index (χ0) is 15.9. The third kappa shape index (κ3) is 4.80. The van der Waals surface area contributed by atoms with Crippen molar-refractivity contribution in [3.63, 3.8) is 0 Å². The van der Waals surface area contributed by atoms with Gasteiger partial charge in [0.25, 0.3) is 5.91 Å². The number of carbonyl (C=O) groups is 1. The van der Waals surface area contributed by atoms with Crippen molar-refractivity contribution in [2.24, 2.45) is 5.73 Å². The first kappa shape index (κ1) is 16.9. The van der Waals surface area contributed by atoms with Crippen molar-refractivity contribution < 1.29 is 4.79 Å². The molecule has 1 aromatic carbocycles. The van der Waals surface area contributed by atoms with Crippen LogP contribution in [0.2, 0.25) is 0 Å². The van der Waals surface area contributed by atoms with Crippen LogP contribution in [0.25, 0.3) is 0 Å². The number of carbonyl (C=O) groups excluding carboxylic acids is 1. The molecule has 0 unspecified atom stereocenters. The standard InChI is InChI=1S/C17H28N4O/c1-20(2)16-7-10-21(11-8-16)12-9-19-17(22)15-5-3-14(13-18)4-6-15/h3-6,16H,7-13,18H2,1-2H3,(H,19,22). The van der Waals surface area contributed by atoms with Crippen molar-refractivity contribution in [3.8, 4) is 0 Å². The number of nitrogens with one attached hydrogen (secondary N) is 1. The third-order valence-corrected chi connectivity index (χ3v) is 4.45. The van der Waals surface area contributed by atoms with Crippen LogP contribution < -0.4 is 11.1 Å². The summed E-state index contributed by atoms with van der Waals surface area (Å²) in [7, 11) is 4.30. The Morgan fingerprint density at radius 1 is 1.27 bits per heavy atom. The Hall–Kier alpha value is -1.43. The zero-order valence-corrected chi connectivity index (χ0v) is 13.7. The quantitative estimate of drug-likeness (QED) is 0.820. The molecular formula is C17H28N4O. The van der Waals surface area contributed by atoms with Gasteiger partial charge in [-0.05, 0) is 57.7 Å². The molecule has 122 valence electrons. The molecule has 3 N–H and O–H groups in total. The second-order valence-corrected chi connectivity index (χ2v) is 6.19. The fraction of sp³-hybridized carbons (Fsp3) is 0.588. The van der Waals surface area contributed by atoms with Crippen molar-refractivity contribution in [3.05, 3.63) is 35.4 Å². The summed E-state index contributed by atoms with van der Waals surface area (Å²) in [5.74, 6) is -0.00764. The van der Waals surface area contributed by atoms with Crippen LogP contribution in [0.1, 0.15) is 28.8 Å². The van der Waals surface area contributed by atoms with Crippen molar-refractivity contribution in [2.45, 2.75) is 25.4 Å². The lowest BCUT2D eigenvalue weighted by Crippen LogP contribution is -2.44. The van der Waals surface area contributed by atoms with Gasteiger partial charge in [0, 0.05) is 31.2 Å². The summed E-state index contributed by atoms with van der Waals surface area (Å²) < 4.78 is 0. The minimum Gasteiger partial charge on any atom is -0.351 e. The van der Waals surface area contributed by atoms with Gasteiger partial charge < -0.3 is 20.9 Å². The summed E-state index contributed by atoms with van der Waals surface area (Å²) >= 11 is 0. The predicted molar refractivity (Wildman–Crippen MR) is 89.8 cm³/mol. The molecule has 5 heteroatoms. The van der Waals surface area contributed by atoms with E-state index >= 15 is 0 Å². The summed E-state index contributed by atoms with van der Waals surface area (Å²) in [6.45, 7) is 4.36. The number of benzene rings is 1. The summed E-state index contributed by atoms with van der Waals surface area (Å²) in [6.07, 6.45) is 2.42. The maximum atomic E-state index is 12.1. The Morgan fingerprint density at radius 3 is 2.45 bits per heavy atom. The molecule has 1 aromatic rings. The van der Waals surface area contributed by atoms with Gasteiger partial charge in [0.1, 0.15) is 0 Å². The Labute approximate surface area is 133 Å². The van der Waals surface area contributed by atoms with E-state index in [1.54, 1.807) is 0 Å². The van der Waals surface area contributed by atoms with E-state index in [4.69, 9.17) is 5.73 Å². The number of piperidine rings is 1. The summed E-state index contributed by atoms with van der Waals surface area (Å²) in [5.41, 5.74) is 7.30. The maximum Gasteiger partial charge on any atom is 0.251 e. The first-order valence-electron chi connectivity index (χ1n) is 8.06. The van der Waals surface area contributed by atoms with E-state index in [0.717, 1.165) is 25.2 Å². The second-order valence-electron chi connectivity index (χ2n) is 6.19. The van der Waals surface area contributed by atoms with Gasteiger partial charge in [0.2, 0.25) is 0 Å². The monoisotopic (exact) mass is 304 g/mol. The largest absolute Gasteiger partial charge is 0.351 e. The molecule has 0 bridgehead atoms. The van der Waals surface area contributed by atoms with Crippen LogP contribution in [-0.2, 0) is 6.54 Å². The van der Waals surface area contributed by atoms with E-state index in [0.29, 0.717) is 24.7 Å². The van der Waals surface area contributed by atoms with Crippen LogP contribution >= 0.6 is 0 Å². The van der Waals surface area contributed by atoms with Crippen molar-refractivity contribution >= 4 is 5.91 Å². The first-order valence-corrected chi connectivity index (χ1v) is 8.06. The van der Waals surface area contributed by atoms with Gasteiger partial charge >= 0.3 is 0 Å². The molecule has 0 radical (unpaired) electrons. The number of hydrogen-bond acceptors (Lipinski definition) is 4. The van der Waals surface area contributed by atoms with Gasteiger partial charge in [0.15, 0.2) is 0 Å². The van der Waals surface area contributed by atoms with Crippen LogP contribution in [0.4, 0.5) is 0 Å². The lowest BCUT2D eigenvalue weighted by atomic mass is 10.0. The number of likely N-dealkylation sites (tertiary alicyclic amines) is 1. The molecule has 0 atom stereocenters. The number of hydrogen-bond donors (Lipinski definition) is 2. The van der Waals surface area contributed by atoms with Crippen LogP contribution in [0.3, 0.4) is 0 Å². The predicted octanol–water partition coefficient (Wildman–Crippen LogP) is 0.901. The van der Waals surface area contributed by atoms with Gasteiger partial charge in [0.05, 0.1) is 0 Å². The lowest BCUT2D eigenvalue weighted by molar-refractivity contribution is 0.0940. The number of nitrogens with zero attached hydrogens (tertiary/aromatic N) is 2. The van der Waals surface area contributed by atoms with Gasteiger partial charge in [-0.1, -0.05) is 12.1 Å². The minimum atomic E-state index is -0.00764. The molecule has 1 aliphatic heterocycles. The summed E-state index contributed by atoms with van der Waals surface area (Å²) in [5, 5.41) is 3.00. The average Bonchev–Trinajstić information content (AvgIpc) is 2.55. The van der Waals surface area contributed by atoms with Gasteiger partial charge in [-0.25, -0.2) is 0 Å². The minimum absolute atomic E-state index is 0.00764. The van der Waals surface area contributed by atoms with Crippen LogP contribution in [-0.4, -0.2) is 62.0 Å². The molecule has 1 fully saturated rings. The highest BCUT2D eigenvalue weighted by atomic mass is 16.1. The molecule has 5 nitrogen and oxygen atoms in total. The molecule has 2 rings (SSSR count). The molecule has 0 aliphatic carbocycles. The van der Waals surface area contributed by atoms with Crippen LogP contribution in [0, 0.1) is 0 Å². The molecule has 1 amide bonds. The first-order chi connectivity index (χ1) is 10.6. The molecule has 1 heterocycles. The van der Waals surface area contributed by atoms with Crippen molar-refractivity contribution in [2.75, 3.05) is 40.3 Å². The molecule has 0 spiro atoms. The topological polar surface area (TPSA) is 61.6 Å². The van der Waals surface area contributed by atoms with Crippen molar-refractivity contribution in [1.82, 2.24) is 15.1 Å². The smallest absolute Gasteiger partial charge is 0.251 e. The Balaban J connectivity index is 1.69. The van der Waals surface area contributed by atoms with E-state index < -0.39 is 0 Å². The SMILES string of the molecule is CN(C)C1CCN(CCNC(=O)c2ccc(CN)cc2)CC1. The van der Waals surface area contributed by atoms with E-state index in [1.165, 1.54) is 12.8 Å². The van der Waals surface area contributed by atoms with E-state index in [1.807, 2.05) is 24.3 Å². The fourth-order valence-electron chi connectivity index (χ4n) is 2.88. The molecule has 0 aromatic heterocycles. The average molecular weight is 304 g/mol. The zero-order valence-electron chi connectivity index (χ0n) is 13.7. The Bertz CT molecular complexity index is 464. The third-order valence-electron chi connectivity index (χ3n) is 4.45. The highest BCUT2D eigenvalue weighted by Gasteiger charge is 2.20. The molecule has 0 saturated carbocycles. The molecular weight excluding hydrogens is 276 g/mol. The van der Waals surface area contributed by atoms with E-state index in [-0.39, 0.29) is 5.91 Å². The molecule has 1 saturated heterocycles. The van der Waals surface area contributed by atoms with Gasteiger partial charge in [-0.15, -0.1) is 0 Å². The van der Waals surface area contributed by atoms with Gasteiger partial charge in [-0.3, -0.25) is 4.79 Å². The molecule has 22 heavy (non-hydrogen) atoms. The maximum absolute atomic E-state index is 12.1. The lowest BCUT2D eigenvalue weighted by Gasteiger charge is -2.35. The van der Waals surface area contributed by atoms with E-state index in [9.17, 15) is 4.79 Å². The number of amides is 1. The highest BCUT2D eigenvalue weighted by molar-refractivity contribution is 5.94. The van der Waals surface area contributed by atoms with Crippen LogP contribution in [0.15, 0.2) is 24.3 Å². The molecule has 1 aliphatic rings. The van der Waals surface area contributed by atoms with E-state index in [2.05, 4.69) is 29.2 Å². The Morgan fingerprint density at radius 2 is 1.91 bits per heavy atom. The number of nitrogens with two attached hydrogens (primary N) is 1. The summed E-state index contributed by atoms with van der Waals surface area (Å²) in [6, 6.07) is 8.18. The highest BCUT2D eigenvalue weighted by Crippen LogP contribution is 2.13. The summed E-state index contributed by atoms with van der Waals surface area (Å²) in [4.78, 5) is 16.8. The normalized spacial score (nSPS) is 16.9. The van der Waals surface area contributed by atoms with Crippen molar-refractivity contribution in [1.29, 1.82) is 0 Å². The van der Waals surface area contributed by atoms with Gasteiger partial charge in [-0.2, -0.15) is 0 Å². The van der Waals surface area contributed by atoms with Crippen LogP contribution in [0.5, 0.6) is 0 Å². The fourth-order valence-corrected chi connectivity index (χ4v) is 2.88. The second kappa shape index (κ2) is 8.27. The Kier molecular flexibility index (Phi) is 6.36.